The van der Waals surface area contributed by atoms with E-state index in [0.717, 1.165) is 17.0 Å². The van der Waals surface area contributed by atoms with E-state index < -0.39 is 11.5 Å². The number of amides is 1. The highest BCUT2D eigenvalue weighted by Crippen LogP contribution is 2.26. The molecule has 7 nitrogen and oxygen atoms in total. The second kappa shape index (κ2) is 7.61. The Labute approximate surface area is 164 Å². The molecule has 8 heteroatoms. The molecule has 140 valence electrons. The number of hydrogen-bond acceptors (Lipinski definition) is 6. The Kier molecular flexibility index (Phi) is 4.86. The van der Waals surface area contributed by atoms with Crippen molar-refractivity contribution in [2.45, 2.75) is 6.92 Å². The summed E-state index contributed by atoms with van der Waals surface area (Å²) in [4.78, 5) is 33.6. The third-order valence-electron chi connectivity index (χ3n) is 4.04. The van der Waals surface area contributed by atoms with Crippen molar-refractivity contribution in [3.63, 3.8) is 0 Å². The molecule has 0 radical (unpaired) electrons. The molecular weight excluding hydrogens is 376 g/mol. The molecule has 0 saturated heterocycles. The zero-order valence-corrected chi connectivity index (χ0v) is 15.8. The first-order valence-corrected chi connectivity index (χ1v) is 9.50. The first kappa shape index (κ1) is 17.9. The molecule has 0 bridgehead atoms. The first-order valence-electron chi connectivity index (χ1n) is 8.62. The highest BCUT2D eigenvalue weighted by molar-refractivity contribution is 7.14. The van der Waals surface area contributed by atoms with Gasteiger partial charge >= 0.3 is 0 Å². The maximum atomic E-state index is 12.5. The van der Waals surface area contributed by atoms with Gasteiger partial charge in [-0.25, -0.2) is 9.97 Å². The van der Waals surface area contributed by atoms with Gasteiger partial charge in [0.2, 0.25) is 0 Å². The Morgan fingerprint density at radius 1 is 1.21 bits per heavy atom. The Morgan fingerprint density at radius 2 is 2.04 bits per heavy atom. The molecule has 1 aromatic carbocycles. The molecule has 1 amide bonds. The van der Waals surface area contributed by atoms with E-state index in [9.17, 15) is 9.59 Å². The first-order chi connectivity index (χ1) is 13.7. The molecule has 0 atom stereocenters. The van der Waals surface area contributed by atoms with Crippen molar-refractivity contribution in [1.29, 1.82) is 0 Å². The molecule has 0 saturated carbocycles. The summed E-state index contributed by atoms with van der Waals surface area (Å²) in [6.45, 7) is 2.54. The zero-order chi connectivity index (χ0) is 19.5. The van der Waals surface area contributed by atoms with E-state index in [4.69, 9.17) is 4.74 Å². The van der Waals surface area contributed by atoms with E-state index >= 15 is 0 Å². The highest BCUT2D eigenvalue weighted by atomic mass is 32.1. The van der Waals surface area contributed by atoms with Gasteiger partial charge in [0.05, 0.1) is 12.3 Å². The number of pyridine rings is 1. The molecule has 3 heterocycles. The minimum absolute atomic E-state index is 0.0403. The van der Waals surface area contributed by atoms with Crippen LogP contribution >= 0.6 is 11.3 Å². The van der Waals surface area contributed by atoms with Crippen LogP contribution in [0.4, 0.5) is 5.13 Å². The normalized spacial score (nSPS) is 10.8. The number of nitrogens with one attached hydrogen (secondary N) is 1. The van der Waals surface area contributed by atoms with Crippen molar-refractivity contribution in [3.05, 3.63) is 76.2 Å². The van der Waals surface area contributed by atoms with Gasteiger partial charge in [0.25, 0.3) is 11.5 Å². The van der Waals surface area contributed by atoms with Crippen LogP contribution in [0.1, 0.15) is 17.3 Å². The number of carbonyl (C=O) groups is 1. The van der Waals surface area contributed by atoms with E-state index in [0.29, 0.717) is 17.4 Å². The summed E-state index contributed by atoms with van der Waals surface area (Å²) in [6, 6.07) is 12.8. The van der Waals surface area contributed by atoms with Gasteiger partial charge < -0.3 is 4.74 Å². The lowest BCUT2D eigenvalue weighted by molar-refractivity contribution is 0.102. The Morgan fingerprint density at radius 3 is 2.82 bits per heavy atom. The van der Waals surface area contributed by atoms with Crippen LogP contribution in [-0.4, -0.2) is 26.9 Å². The van der Waals surface area contributed by atoms with E-state index in [-0.39, 0.29) is 5.56 Å². The molecule has 0 aliphatic rings. The van der Waals surface area contributed by atoms with Crippen molar-refractivity contribution < 1.29 is 9.53 Å². The van der Waals surface area contributed by atoms with Gasteiger partial charge in [-0.15, -0.1) is 11.3 Å². The summed E-state index contributed by atoms with van der Waals surface area (Å²) in [5.74, 6) is 0.252. The van der Waals surface area contributed by atoms with Gasteiger partial charge in [0, 0.05) is 23.3 Å². The van der Waals surface area contributed by atoms with Gasteiger partial charge in [0.15, 0.2) is 5.13 Å². The lowest BCUT2D eigenvalue weighted by atomic mass is 10.2. The monoisotopic (exact) mass is 392 g/mol. The number of ether oxygens (including phenoxy) is 1. The Balaban J connectivity index is 1.55. The number of aromatic nitrogens is 3. The number of hydrogen-bond donors (Lipinski definition) is 1. The number of thiazole rings is 1. The van der Waals surface area contributed by atoms with Crippen LogP contribution in [0.15, 0.2) is 65.0 Å². The molecule has 4 aromatic rings. The summed E-state index contributed by atoms with van der Waals surface area (Å²) in [7, 11) is 0. The number of carbonyl (C=O) groups excluding carboxylic acids is 1. The fourth-order valence-corrected chi connectivity index (χ4v) is 3.41. The Bertz CT molecular complexity index is 1200. The smallest absolute Gasteiger partial charge is 0.270 e. The van der Waals surface area contributed by atoms with Crippen LogP contribution in [0, 0.1) is 0 Å². The largest absolute Gasteiger partial charge is 0.494 e. The number of fused-ring (bicyclic) bond motifs is 1. The number of nitrogens with zero attached hydrogens (tertiary/aromatic N) is 3. The predicted molar refractivity (Wildman–Crippen MR) is 108 cm³/mol. The van der Waals surface area contributed by atoms with Crippen LogP contribution in [0.3, 0.4) is 0 Å². The topological polar surface area (TPSA) is 85.6 Å². The average molecular weight is 392 g/mol. The van der Waals surface area contributed by atoms with Gasteiger partial charge in [-0.2, -0.15) is 0 Å². The molecule has 0 unspecified atom stereocenters. The molecule has 0 aliphatic carbocycles. The zero-order valence-electron chi connectivity index (χ0n) is 15.0. The van der Waals surface area contributed by atoms with Gasteiger partial charge in [0.1, 0.15) is 17.0 Å². The standard InChI is InChI=1S/C20H16N4O3S/c1-2-27-14-8-6-13(7-9-14)16-12-28-20(22-16)23-18(25)15-11-21-17-5-3-4-10-24(17)19(15)26/h3-12H,2H2,1H3,(H,22,23,25). The second-order valence-electron chi connectivity index (χ2n) is 5.86. The van der Waals surface area contributed by atoms with Crippen LogP contribution < -0.4 is 15.6 Å². The minimum Gasteiger partial charge on any atom is -0.494 e. The third-order valence-corrected chi connectivity index (χ3v) is 4.80. The predicted octanol–water partition coefficient (Wildman–Crippen LogP) is 3.47. The van der Waals surface area contributed by atoms with Crippen LogP contribution in [-0.2, 0) is 0 Å². The Hall–Kier alpha value is -3.52. The average Bonchev–Trinajstić information content (AvgIpc) is 3.17. The van der Waals surface area contributed by atoms with Crippen LogP contribution in [0.25, 0.3) is 16.9 Å². The number of benzene rings is 1. The van der Waals surface area contributed by atoms with Crippen molar-refractivity contribution in [2.75, 3.05) is 11.9 Å². The molecule has 0 aliphatic heterocycles. The number of rotatable bonds is 5. The van der Waals surface area contributed by atoms with E-state index in [1.165, 1.54) is 21.9 Å². The maximum Gasteiger partial charge on any atom is 0.270 e. The van der Waals surface area contributed by atoms with Crippen molar-refractivity contribution in [1.82, 2.24) is 14.4 Å². The quantitative estimate of drug-likeness (QED) is 0.562. The summed E-state index contributed by atoms with van der Waals surface area (Å²) in [5, 5.41) is 4.93. The molecule has 0 fully saturated rings. The molecule has 4 rings (SSSR count). The lowest BCUT2D eigenvalue weighted by Gasteiger charge is -2.04. The van der Waals surface area contributed by atoms with Crippen molar-refractivity contribution in [3.8, 4) is 17.0 Å². The van der Waals surface area contributed by atoms with E-state index in [2.05, 4.69) is 15.3 Å². The minimum atomic E-state index is -0.539. The highest BCUT2D eigenvalue weighted by Gasteiger charge is 2.15. The van der Waals surface area contributed by atoms with Crippen molar-refractivity contribution >= 4 is 28.0 Å². The summed E-state index contributed by atoms with van der Waals surface area (Å²) in [5.41, 5.74) is 1.66. The fourth-order valence-electron chi connectivity index (χ4n) is 2.70. The lowest BCUT2D eigenvalue weighted by Crippen LogP contribution is -2.26. The van der Waals surface area contributed by atoms with E-state index in [1.54, 1.807) is 24.4 Å². The van der Waals surface area contributed by atoms with Gasteiger partial charge in [-0.1, -0.05) is 6.07 Å². The summed E-state index contributed by atoms with van der Waals surface area (Å²) in [6.07, 6.45) is 2.86. The molecule has 3 aromatic heterocycles. The molecular formula is C20H16N4O3S. The molecule has 28 heavy (non-hydrogen) atoms. The summed E-state index contributed by atoms with van der Waals surface area (Å²) < 4.78 is 6.77. The van der Waals surface area contributed by atoms with E-state index in [1.807, 2.05) is 36.6 Å². The van der Waals surface area contributed by atoms with Gasteiger partial charge in [-0.3, -0.25) is 19.3 Å². The van der Waals surface area contributed by atoms with Crippen LogP contribution in [0.2, 0.25) is 0 Å². The third kappa shape index (κ3) is 3.49. The van der Waals surface area contributed by atoms with Crippen LogP contribution in [0.5, 0.6) is 5.75 Å². The number of anilines is 1. The van der Waals surface area contributed by atoms with Crippen molar-refractivity contribution in [2.24, 2.45) is 0 Å². The van der Waals surface area contributed by atoms with Gasteiger partial charge in [-0.05, 0) is 43.3 Å². The molecule has 0 spiro atoms. The molecule has 1 N–H and O–H groups in total. The summed E-state index contributed by atoms with van der Waals surface area (Å²) >= 11 is 1.29. The maximum absolute atomic E-state index is 12.5. The fraction of sp³-hybridized carbons (Fsp3) is 0.100. The second-order valence-corrected chi connectivity index (χ2v) is 6.71. The SMILES string of the molecule is CCOc1ccc(-c2csc(NC(=O)c3cnc4ccccn4c3=O)n2)cc1.